The zero-order valence-corrected chi connectivity index (χ0v) is 20.7. The van der Waals surface area contributed by atoms with Crippen LogP contribution in [0.15, 0.2) is 53.4 Å². The number of rotatable bonds is 6. The van der Waals surface area contributed by atoms with Gasteiger partial charge in [-0.25, -0.2) is 8.42 Å². The van der Waals surface area contributed by atoms with E-state index in [9.17, 15) is 8.42 Å². The Labute approximate surface area is 197 Å². The lowest BCUT2D eigenvalue weighted by Crippen LogP contribution is -2.45. The Morgan fingerprint density at radius 3 is 1.97 bits per heavy atom. The monoisotopic (exact) mass is 493 g/mol. The summed E-state index contributed by atoms with van der Waals surface area (Å²) >= 11 is 5.88. The highest BCUT2D eigenvalue weighted by atomic mass is 35.5. The molecule has 5 nitrogen and oxygen atoms in total. The average molecular weight is 495 g/mol. The van der Waals surface area contributed by atoms with Gasteiger partial charge in [0.2, 0.25) is 10.0 Å². The maximum atomic E-state index is 12.9. The molecule has 1 aliphatic rings. The van der Waals surface area contributed by atoms with Crippen molar-refractivity contribution in [3.63, 3.8) is 0 Å². The summed E-state index contributed by atoms with van der Waals surface area (Å²) in [7, 11) is 2.30. The largest absolute Gasteiger partial charge is 0.371 e. The van der Waals surface area contributed by atoms with Crippen LogP contribution in [0.25, 0.3) is 0 Å². The van der Waals surface area contributed by atoms with Gasteiger partial charge in [0.15, 0.2) is 0 Å². The van der Waals surface area contributed by atoms with Crippen molar-refractivity contribution in [1.82, 2.24) is 9.21 Å². The number of halogens is 3. The molecule has 0 aromatic heterocycles. The standard InChI is InChI=1S/C21H28ClN3O2S.2ClH/c1-23(2)16-17-4-8-20(9-5-17)25-14-12-19(13-15-25)24(3)28(26,27)21-10-6-18(22)7-11-21;;/h4-11,19H,12-16H2,1-3H3;2*1H. The van der Waals surface area contributed by atoms with Crippen LogP contribution in [-0.2, 0) is 16.6 Å². The average Bonchev–Trinajstić information content (AvgIpc) is 2.68. The summed E-state index contributed by atoms with van der Waals surface area (Å²) in [5.74, 6) is 0. The SMILES string of the molecule is CN(C)Cc1ccc(N2CCC(N(C)S(=O)(=O)c3ccc(Cl)cc3)CC2)cc1.Cl.Cl. The second-order valence-corrected chi connectivity index (χ2v) is 10.0. The van der Waals surface area contributed by atoms with Crippen LogP contribution >= 0.6 is 36.4 Å². The Balaban J connectivity index is 0.00000225. The summed E-state index contributed by atoms with van der Waals surface area (Å²) in [6.45, 7) is 2.62. The van der Waals surface area contributed by atoms with E-state index in [2.05, 4.69) is 48.2 Å². The molecule has 0 bridgehead atoms. The van der Waals surface area contributed by atoms with Crippen molar-refractivity contribution in [2.75, 3.05) is 39.1 Å². The molecule has 0 N–H and O–H groups in total. The minimum atomic E-state index is -3.50. The fourth-order valence-electron chi connectivity index (χ4n) is 3.63. The Kier molecular flexibility index (Phi) is 10.4. The van der Waals surface area contributed by atoms with Crippen molar-refractivity contribution < 1.29 is 8.42 Å². The molecule has 1 fully saturated rings. The van der Waals surface area contributed by atoms with Gasteiger partial charge < -0.3 is 9.80 Å². The molecule has 0 atom stereocenters. The molecular formula is C21H30Cl3N3O2S. The van der Waals surface area contributed by atoms with E-state index in [1.807, 2.05) is 0 Å². The van der Waals surface area contributed by atoms with Crippen LogP contribution in [-0.4, -0.2) is 57.9 Å². The van der Waals surface area contributed by atoms with Gasteiger partial charge >= 0.3 is 0 Å². The number of sulfonamides is 1. The molecule has 168 valence electrons. The van der Waals surface area contributed by atoms with Crippen molar-refractivity contribution in [2.45, 2.75) is 30.3 Å². The molecule has 30 heavy (non-hydrogen) atoms. The Morgan fingerprint density at radius 2 is 1.47 bits per heavy atom. The predicted octanol–water partition coefficient (Wildman–Crippen LogP) is 4.53. The molecule has 2 aromatic rings. The molecular weight excluding hydrogens is 465 g/mol. The summed E-state index contributed by atoms with van der Waals surface area (Å²) in [4.78, 5) is 4.77. The third kappa shape index (κ3) is 6.49. The van der Waals surface area contributed by atoms with Crippen LogP contribution in [0.5, 0.6) is 0 Å². The number of anilines is 1. The molecule has 0 radical (unpaired) electrons. The minimum absolute atomic E-state index is 0. The van der Waals surface area contributed by atoms with Gasteiger partial charge in [-0.2, -0.15) is 4.31 Å². The van der Waals surface area contributed by atoms with E-state index in [1.165, 1.54) is 15.6 Å². The summed E-state index contributed by atoms with van der Waals surface area (Å²) in [6, 6.07) is 15.0. The van der Waals surface area contributed by atoms with Gasteiger partial charge in [0.05, 0.1) is 4.90 Å². The van der Waals surface area contributed by atoms with Gasteiger partial charge in [-0.15, -0.1) is 24.8 Å². The second-order valence-electron chi connectivity index (χ2n) is 7.60. The first-order valence-electron chi connectivity index (χ1n) is 9.49. The van der Waals surface area contributed by atoms with Gasteiger partial charge in [-0.05, 0) is 68.9 Å². The smallest absolute Gasteiger partial charge is 0.243 e. The van der Waals surface area contributed by atoms with Crippen molar-refractivity contribution in [2.24, 2.45) is 0 Å². The first kappa shape index (κ1) is 27.0. The van der Waals surface area contributed by atoms with Crippen LogP contribution in [0.2, 0.25) is 5.02 Å². The van der Waals surface area contributed by atoms with Crippen molar-refractivity contribution in [1.29, 1.82) is 0 Å². The van der Waals surface area contributed by atoms with Crippen molar-refractivity contribution >= 4 is 52.1 Å². The summed E-state index contributed by atoms with van der Waals surface area (Å²) < 4.78 is 27.3. The van der Waals surface area contributed by atoms with Gasteiger partial charge in [-0.1, -0.05) is 23.7 Å². The number of nitrogens with zero attached hydrogens (tertiary/aromatic N) is 3. The number of piperidine rings is 1. The lowest BCUT2D eigenvalue weighted by Gasteiger charge is -2.37. The van der Waals surface area contributed by atoms with Gasteiger partial charge in [0.1, 0.15) is 0 Å². The Hall–Kier alpha value is -1.02. The topological polar surface area (TPSA) is 43.9 Å². The van der Waals surface area contributed by atoms with E-state index in [-0.39, 0.29) is 30.9 Å². The molecule has 0 saturated carbocycles. The highest BCUT2D eigenvalue weighted by molar-refractivity contribution is 7.89. The highest BCUT2D eigenvalue weighted by Crippen LogP contribution is 2.26. The maximum Gasteiger partial charge on any atom is 0.243 e. The normalized spacial score (nSPS) is 15.1. The number of hydrogen-bond donors (Lipinski definition) is 0. The number of benzene rings is 2. The van der Waals surface area contributed by atoms with Gasteiger partial charge in [-0.3, -0.25) is 0 Å². The van der Waals surface area contributed by atoms with E-state index in [0.29, 0.717) is 9.92 Å². The van der Waals surface area contributed by atoms with Crippen LogP contribution in [0.3, 0.4) is 0 Å². The Bertz CT molecular complexity index is 883. The van der Waals surface area contributed by atoms with E-state index in [1.54, 1.807) is 31.3 Å². The van der Waals surface area contributed by atoms with Crippen molar-refractivity contribution in [3.8, 4) is 0 Å². The predicted molar refractivity (Wildman–Crippen MR) is 130 cm³/mol. The minimum Gasteiger partial charge on any atom is -0.371 e. The quantitative estimate of drug-likeness (QED) is 0.591. The van der Waals surface area contributed by atoms with Crippen LogP contribution in [0.4, 0.5) is 5.69 Å². The highest BCUT2D eigenvalue weighted by Gasteiger charge is 2.30. The first-order valence-corrected chi connectivity index (χ1v) is 11.3. The lowest BCUT2D eigenvalue weighted by atomic mass is 10.0. The maximum absolute atomic E-state index is 12.9. The lowest BCUT2D eigenvalue weighted by molar-refractivity contribution is 0.312. The summed E-state index contributed by atoms with van der Waals surface area (Å²) in [5.41, 5.74) is 2.49. The zero-order chi connectivity index (χ0) is 20.3. The van der Waals surface area contributed by atoms with Crippen molar-refractivity contribution in [3.05, 3.63) is 59.1 Å². The molecule has 2 aromatic carbocycles. The molecule has 0 unspecified atom stereocenters. The van der Waals surface area contributed by atoms with Crippen LogP contribution < -0.4 is 4.90 Å². The van der Waals surface area contributed by atoms with E-state index < -0.39 is 10.0 Å². The molecule has 1 aliphatic heterocycles. The van der Waals surface area contributed by atoms with Crippen LogP contribution in [0.1, 0.15) is 18.4 Å². The zero-order valence-electron chi connectivity index (χ0n) is 17.5. The molecule has 1 saturated heterocycles. The fraction of sp³-hybridized carbons (Fsp3) is 0.429. The first-order chi connectivity index (χ1) is 13.3. The molecule has 9 heteroatoms. The molecule has 0 spiro atoms. The van der Waals surface area contributed by atoms with Crippen LogP contribution in [0, 0.1) is 0 Å². The summed E-state index contributed by atoms with van der Waals surface area (Å²) in [5, 5.41) is 0.534. The van der Waals surface area contributed by atoms with E-state index in [0.717, 1.165) is 32.5 Å². The fourth-order valence-corrected chi connectivity index (χ4v) is 5.18. The molecule has 0 aliphatic carbocycles. The summed E-state index contributed by atoms with van der Waals surface area (Å²) in [6.07, 6.45) is 1.62. The van der Waals surface area contributed by atoms with E-state index in [4.69, 9.17) is 11.6 Å². The second kappa shape index (κ2) is 11.6. The molecule has 0 amide bonds. The molecule has 3 rings (SSSR count). The third-order valence-corrected chi connectivity index (χ3v) is 7.45. The Morgan fingerprint density at radius 1 is 0.933 bits per heavy atom. The molecule has 1 heterocycles. The van der Waals surface area contributed by atoms with Gasteiger partial charge in [0.25, 0.3) is 0 Å². The van der Waals surface area contributed by atoms with E-state index >= 15 is 0 Å². The van der Waals surface area contributed by atoms with Gasteiger partial charge in [0, 0.05) is 43.4 Å². The number of hydrogen-bond acceptors (Lipinski definition) is 4. The third-order valence-electron chi connectivity index (χ3n) is 5.27.